The van der Waals surface area contributed by atoms with Crippen LogP contribution in [-0.2, 0) is 16.1 Å². The van der Waals surface area contributed by atoms with Crippen molar-refractivity contribution in [2.24, 2.45) is 11.1 Å². The van der Waals surface area contributed by atoms with E-state index in [0.29, 0.717) is 54.4 Å². The third-order valence-electron chi connectivity index (χ3n) is 8.97. The number of rotatable bonds is 7. The summed E-state index contributed by atoms with van der Waals surface area (Å²) in [6, 6.07) is 1.66. The van der Waals surface area contributed by atoms with Crippen molar-refractivity contribution < 1.29 is 24.1 Å². The van der Waals surface area contributed by atoms with Gasteiger partial charge in [0.2, 0.25) is 0 Å². The Hall–Kier alpha value is -2.71. The number of methoxy groups -OCH3 is 1. The summed E-state index contributed by atoms with van der Waals surface area (Å²) in [6.07, 6.45) is 5.31. The van der Waals surface area contributed by atoms with E-state index in [-0.39, 0.29) is 36.2 Å². The average molecular weight is 586 g/mol. The second-order valence-corrected chi connectivity index (χ2v) is 13.1. The first-order chi connectivity index (χ1) is 19.6. The number of nitrogens with zero attached hydrogens (tertiary/aromatic N) is 6. The zero-order chi connectivity index (χ0) is 28.9. The van der Waals surface area contributed by atoms with Crippen LogP contribution in [0.3, 0.4) is 0 Å². The molecule has 0 aliphatic carbocycles. The van der Waals surface area contributed by atoms with Crippen LogP contribution in [0, 0.1) is 5.41 Å². The molecular formula is C28H39N7O5S. The van der Waals surface area contributed by atoms with Crippen LogP contribution in [0.2, 0.25) is 0 Å². The van der Waals surface area contributed by atoms with Crippen molar-refractivity contribution in [2.75, 3.05) is 56.3 Å². The van der Waals surface area contributed by atoms with Gasteiger partial charge >= 0.3 is 6.03 Å². The topological polar surface area (TPSA) is 139 Å². The van der Waals surface area contributed by atoms with Gasteiger partial charge in [0, 0.05) is 44.4 Å². The van der Waals surface area contributed by atoms with Gasteiger partial charge in [-0.1, -0.05) is 11.8 Å². The molecule has 3 N–H and O–H groups in total. The number of aliphatic hydroxyl groups is 1. The Balaban J connectivity index is 1.18. The van der Waals surface area contributed by atoms with Crippen LogP contribution in [0.1, 0.15) is 39.3 Å². The van der Waals surface area contributed by atoms with Crippen LogP contribution in [0.15, 0.2) is 28.4 Å². The lowest BCUT2D eigenvalue weighted by Gasteiger charge is -2.41. The summed E-state index contributed by atoms with van der Waals surface area (Å²) in [5, 5.41) is 10.8. The number of carbonyl (C=O) groups is 1. The van der Waals surface area contributed by atoms with E-state index >= 15 is 0 Å². The van der Waals surface area contributed by atoms with Crippen molar-refractivity contribution in [3.63, 3.8) is 0 Å². The number of pyridine rings is 1. The van der Waals surface area contributed by atoms with Crippen molar-refractivity contribution in [3.05, 3.63) is 24.2 Å². The van der Waals surface area contributed by atoms with Gasteiger partial charge in [-0.15, -0.1) is 0 Å². The van der Waals surface area contributed by atoms with Crippen molar-refractivity contribution in [2.45, 2.75) is 73.9 Å². The molecule has 0 radical (unpaired) electrons. The highest BCUT2D eigenvalue weighted by Gasteiger charge is 2.48. The second-order valence-electron chi connectivity index (χ2n) is 12.1. The third-order valence-corrected chi connectivity index (χ3v) is 9.91. The van der Waals surface area contributed by atoms with E-state index in [4.69, 9.17) is 29.9 Å². The number of aromatic nitrogens is 3. The molecule has 2 amide bonds. The second kappa shape index (κ2) is 10.8. The predicted molar refractivity (Wildman–Crippen MR) is 153 cm³/mol. The largest absolute Gasteiger partial charge is 0.486 e. The number of hydrogen-bond donors (Lipinski definition) is 2. The van der Waals surface area contributed by atoms with Gasteiger partial charge in [-0.25, -0.2) is 19.7 Å². The predicted octanol–water partition coefficient (Wildman–Crippen LogP) is 2.28. The normalized spacial score (nSPS) is 25.5. The van der Waals surface area contributed by atoms with Crippen molar-refractivity contribution in [1.82, 2.24) is 19.9 Å². The summed E-state index contributed by atoms with van der Waals surface area (Å²) in [5.41, 5.74) is 6.56. The first-order valence-corrected chi connectivity index (χ1v) is 15.0. The van der Waals surface area contributed by atoms with Gasteiger partial charge in [0.05, 0.1) is 48.6 Å². The van der Waals surface area contributed by atoms with Crippen molar-refractivity contribution in [1.29, 1.82) is 0 Å². The molecule has 1 spiro atoms. The Morgan fingerprint density at radius 1 is 1.27 bits per heavy atom. The van der Waals surface area contributed by atoms with E-state index < -0.39 is 5.60 Å². The standard InChI is InChI=1S/C28H39N7O5S/c1-17-23(29)28(16-40-17)6-9-33(10-7-28)24-19(13-36)32-21(11-31-24)41-20-5-8-30-25-22(20)39-14-18-12-34(26(37)35(18)25)15-27(2,3)38-4/h5,8,11,17-18,23,36H,6-7,9-10,12-16,29H2,1-4H3/t17-,18?,23+/m0/s1. The molecule has 3 fully saturated rings. The zero-order valence-corrected chi connectivity index (χ0v) is 24.9. The maximum absolute atomic E-state index is 13.4. The molecule has 12 nitrogen and oxygen atoms in total. The van der Waals surface area contributed by atoms with Crippen LogP contribution < -0.4 is 20.3 Å². The first-order valence-electron chi connectivity index (χ1n) is 14.2. The fourth-order valence-corrected chi connectivity index (χ4v) is 7.19. The Morgan fingerprint density at radius 3 is 2.73 bits per heavy atom. The minimum atomic E-state index is -0.458. The molecule has 0 aromatic carbocycles. The fraction of sp³-hybridized carbons (Fsp3) is 0.643. The molecule has 2 aromatic heterocycles. The quantitative estimate of drug-likeness (QED) is 0.495. The molecule has 4 aliphatic heterocycles. The SMILES string of the molecule is COC(C)(C)CN1CC2COc3c(Sc4cnc(N5CCC6(CC5)CO[C@@H](C)[C@H]6N)c(CO)n4)ccnc3N2C1=O. The van der Waals surface area contributed by atoms with Crippen LogP contribution in [0.4, 0.5) is 16.4 Å². The molecule has 0 bridgehead atoms. The highest BCUT2D eigenvalue weighted by Crippen LogP contribution is 2.45. The smallest absolute Gasteiger partial charge is 0.326 e. The van der Waals surface area contributed by atoms with Gasteiger partial charge in [0.15, 0.2) is 17.4 Å². The number of fused-ring (bicyclic) bond motifs is 3. The first kappa shape index (κ1) is 28.4. The molecule has 1 unspecified atom stereocenters. The monoisotopic (exact) mass is 585 g/mol. The van der Waals surface area contributed by atoms with Gasteiger partial charge in [-0.2, -0.15) is 0 Å². The highest BCUT2D eigenvalue weighted by atomic mass is 32.2. The number of nitrogens with two attached hydrogens (primary N) is 1. The number of hydrogen-bond acceptors (Lipinski definition) is 11. The van der Waals surface area contributed by atoms with Gasteiger partial charge in [0.25, 0.3) is 0 Å². The lowest BCUT2D eigenvalue weighted by molar-refractivity contribution is 0.00370. The summed E-state index contributed by atoms with van der Waals surface area (Å²) in [7, 11) is 1.65. The van der Waals surface area contributed by atoms with E-state index in [1.165, 1.54) is 11.8 Å². The lowest BCUT2D eigenvalue weighted by Crippen LogP contribution is -2.51. The number of carbonyl (C=O) groups excluding carboxylic acids is 1. The minimum absolute atomic E-state index is 0.00565. The number of piperidine rings is 1. The van der Waals surface area contributed by atoms with Crippen molar-refractivity contribution >= 4 is 29.4 Å². The summed E-state index contributed by atoms with van der Waals surface area (Å²) >= 11 is 1.38. The number of amides is 2. The molecule has 0 saturated carbocycles. The highest BCUT2D eigenvalue weighted by molar-refractivity contribution is 7.99. The molecule has 41 heavy (non-hydrogen) atoms. The van der Waals surface area contributed by atoms with Crippen LogP contribution in [0.5, 0.6) is 5.75 Å². The molecule has 4 aliphatic rings. The molecular weight excluding hydrogens is 546 g/mol. The summed E-state index contributed by atoms with van der Waals surface area (Å²) < 4.78 is 17.6. The molecule has 2 aromatic rings. The third kappa shape index (κ3) is 5.11. The Bertz CT molecular complexity index is 1300. The average Bonchev–Trinajstić information content (AvgIpc) is 3.44. The fourth-order valence-electron chi connectivity index (χ4n) is 6.33. The summed E-state index contributed by atoms with van der Waals surface area (Å²) in [4.78, 5) is 33.9. The van der Waals surface area contributed by atoms with E-state index in [9.17, 15) is 9.90 Å². The molecule has 6 heterocycles. The van der Waals surface area contributed by atoms with Crippen LogP contribution in [0.25, 0.3) is 0 Å². The Labute approximate surface area is 244 Å². The number of ether oxygens (including phenoxy) is 3. The van der Waals surface area contributed by atoms with Gasteiger partial charge < -0.3 is 34.9 Å². The van der Waals surface area contributed by atoms with Gasteiger partial charge in [-0.05, 0) is 39.7 Å². The number of anilines is 2. The lowest BCUT2D eigenvalue weighted by atomic mass is 9.73. The van der Waals surface area contributed by atoms with E-state index in [2.05, 4.69) is 9.88 Å². The Morgan fingerprint density at radius 2 is 2.05 bits per heavy atom. The minimum Gasteiger partial charge on any atom is -0.486 e. The molecule has 6 rings (SSSR count). The molecule has 3 atom stereocenters. The molecule has 13 heteroatoms. The summed E-state index contributed by atoms with van der Waals surface area (Å²) in [5.74, 6) is 1.76. The van der Waals surface area contributed by atoms with E-state index in [0.717, 1.165) is 30.8 Å². The maximum Gasteiger partial charge on any atom is 0.326 e. The van der Waals surface area contributed by atoms with Gasteiger partial charge in [-0.3, -0.25) is 4.90 Å². The number of aliphatic hydroxyl groups excluding tert-OH is 1. The maximum atomic E-state index is 13.4. The van der Waals surface area contributed by atoms with Crippen LogP contribution >= 0.6 is 11.8 Å². The number of urea groups is 1. The zero-order valence-electron chi connectivity index (χ0n) is 24.1. The Kier molecular flexibility index (Phi) is 7.52. The summed E-state index contributed by atoms with van der Waals surface area (Å²) in [6.45, 7) is 9.41. The van der Waals surface area contributed by atoms with Gasteiger partial charge in [0.1, 0.15) is 17.3 Å². The van der Waals surface area contributed by atoms with E-state index in [1.807, 2.05) is 26.8 Å². The molecule has 222 valence electrons. The van der Waals surface area contributed by atoms with Crippen molar-refractivity contribution in [3.8, 4) is 5.75 Å². The van der Waals surface area contributed by atoms with E-state index in [1.54, 1.807) is 29.3 Å². The molecule has 3 saturated heterocycles. The van der Waals surface area contributed by atoms with Crippen LogP contribution in [-0.4, -0.2) is 101 Å².